The Bertz CT molecular complexity index is 676. The van der Waals surface area contributed by atoms with Gasteiger partial charge in [0.25, 0.3) is 5.91 Å². The number of benzene rings is 1. The summed E-state index contributed by atoms with van der Waals surface area (Å²) in [5, 5.41) is 0. The molecule has 1 aromatic carbocycles. The van der Waals surface area contributed by atoms with Gasteiger partial charge in [0.2, 0.25) is 0 Å². The van der Waals surface area contributed by atoms with Crippen molar-refractivity contribution in [2.45, 2.75) is 38.7 Å². The van der Waals surface area contributed by atoms with Gasteiger partial charge in [0, 0.05) is 0 Å². The first-order valence-electron chi connectivity index (χ1n) is 8.09. The number of ether oxygens (including phenoxy) is 1. The maximum absolute atomic E-state index is 11.9. The molecular weight excluding hydrogens is 292 g/mol. The normalized spacial score (nSPS) is 21.1. The molecule has 1 amide bonds. The number of carbonyl (C=O) groups is 1. The third-order valence-electron chi connectivity index (χ3n) is 4.12. The zero-order valence-corrected chi connectivity index (χ0v) is 13.3. The van der Waals surface area contributed by atoms with E-state index in [4.69, 9.17) is 4.74 Å². The van der Waals surface area contributed by atoms with E-state index in [0.717, 1.165) is 23.9 Å². The van der Waals surface area contributed by atoms with Crippen molar-refractivity contribution >= 4 is 22.8 Å². The van der Waals surface area contributed by atoms with Crippen molar-refractivity contribution in [1.82, 2.24) is 15.4 Å². The molecule has 6 heteroatoms. The summed E-state index contributed by atoms with van der Waals surface area (Å²) in [6.07, 6.45) is 6.31. The zero-order chi connectivity index (χ0) is 16.1. The van der Waals surface area contributed by atoms with E-state index in [1.54, 1.807) is 6.20 Å². The lowest BCUT2D eigenvalue weighted by atomic mass is 9.89. The average molecular weight is 314 g/mol. The molecule has 23 heavy (non-hydrogen) atoms. The standard InChI is InChI=1S/C17H22N4O2/c1-12-5-4-6-13(9-12)23-11-17(22)21-20-16-10-18-14-7-2-3-8-15(14)19-16/h2-3,7-8,10,12-13H,4-6,9,11H2,1H3,(H,19,20)(H,21,22)/t12-,13+/m1/s1. The van der Waals surface area contributed by atoms with E-state index in [1.807, 2.05) is 24.3 Å². The van der Waals surface area contributed by atoms with Gasteiger partial charge < -0.3 is 4.74 Å². The molecule has 0 aliphatic heterocycles. The predicted molar refractivity (Wildman–Crippen MR) is 88.7 cm³/mol. The van der Waals surface area contributed by atoms with Crippen LogP contribution in [0.25, 0.3) is 11.0 Å². The Morgan fingerprint density at radius 1 is 1.30 bits per heavy atom. The number of para-hydroxylation sites is 2. The maximum Gasteiger partial charge on any atom is 0.264 e. The summed E-state index contributed by atoms with van der Waals surface area (Å²) < 4.78 is 5.69. The van der Waals surface area contributed by atoms with Gasteiger partial charge in [-0.1, -0.05) is 31.9 Å². The summed E-state index contributed by atoms with van der Waals surface area (Å²) in [6.45, 7) is 2.29. The second kappa shape index (κ2) is 7.37. The van der Waals surface area contributed by atoms with Crippen LogP contribution in [0.15, 0.2) is 30.5 Å². The van der Waals surface area contributed by atoms with Gasteiger partial charge in [0.1, 0.15) is 6.61 Å². The van der Waals surface area contributed by atoms with Crippen molar-refractivity contribution < 1.29 is 9.53 Å². The van der Waals surface area contributed by atoms with Crippen LogP contribution in [-0.2, 0) is 9.53 Å². The van der Waals surface area contributed by atoms with Gasteiger partial charge in [-0.3, -0.25) is 20.6 Å². The van der Waals surface area contributed by atoms with E-state index in [2.05, 4.69) is 27.7 Å². The molecule has 1 fully saturated rings. The molecule has 0 spiro atoms. The first-order valence-corrected chi connectivity index (χ1v) is 8.09. The van der Waals surface area contributed by atoms with Crippen LogP contribution in [0, 0.1) is 5.92 Å². The SMILES string of the molecule is C[C@@H]1CCC[C@H](OCC(=O)NNc2cnc3ccccc3n2)C1. The Kier molecular flexibility index (Phi) is 5.02. The largest absolute Gasteiger partial charge is 0.368 e. The number of hydrogen-bond donors (Lipinski definition) is 2. The number of fused-ring (bicyclic) bond motifs is 1. The van der Waals surface area contributed by atoms with Gasteiger partial charge in [-0.2, -0.15) is 0 Å². The number of hydrogen-bond acceptors (Lipinski definition) is 5. The van der Waals surface area contributed by atoms with Crippen molar-refractivity contribution in [2.75, 3.05) is 12.0 Å². The van der Waals surface area contributed by atoms with Gasteiger partial charge in [0.05, 0.1) is 23.3 Å². The molecule has 2 aromatic rings. The summed E-state index contributed by atoms with van der Waals surface area (Å²) in [5.74, 6) is 0.976. The second-order valence-corrected chi connectivity index (χ2v) is 6.12. The Morgan fingerprint density at radius 3 is 2.96 bits per heavy atom. The number of amides is 1. The third-order valence-corrected chi connectivity index (χ3v) is 4.12. The molecular formula is C17H22N4O2. The fourth-order valence-electron chi connectivity index (χ4n) is 2.91. The van der Waals surface area contributed by atoms with Crippen molar-refractivity contribution in [3.8, 4) is 0 Å². The van der Waals surface area contributed by atoms with Gasteiger partial charge >= 0.3 is 0 Å². The molecule has 1 aliphatic rings. The van der Waals surface area contributed by atoms with E-state index < -0.39 is 0 Å². The molecule has 2 atom stereocenters. The summed E-state index contributed by atoms with van der Waals surface area (Å²) in [6, 6.07) is 7.58. The van der Waals surface area contributed by atoms with Crippen molar-refractivity contribution in [1.29, 1.82) is 0 Å². The quantitative estimate of drug-likeness (QED) is 0.830. The van der Waals surface area contributed by atoms with Crippen molar-refractivity contribution in [3.05, 3.63) is 30.5 Å². The summed E-state index contributed by atoms with van der Waals surface area (Å²) in [5.41, 5.74) is 6.97. The Morgan fingerprint density at radius 2 is 2.13 bits per heavy atom. The van der Waals surface area contributed by atoms with Crippen LogP contribution in [0.2, 0.25) is 0 Å². The van der Waals surface area contributed by atoms with E-state index in [1.165, 1.54) is 12.8 Å². The number of carbonyl (C=O) groups excluding carboxylic acids is 1. The van der Waals surface area contributed by atoms with Gasteiger partial charge in [-0.05, 0) is 30.9 Å². The van der Waals surface area contributed by atoms with E-state index in [-0.39, 0.29) is 18.6 Å². The fourth-order valence-corrected chi connectivity index (χ4v) is 2.91. The van der Waals surface area contributed by atoms with Crippen LogP contribution in [0.4, 0.5) is 5.82 Å². The highest BCUT2D eigenvalue weighted by atomic mass is 16.5. The molecule has 0 saturated heterocycles. The van der Waals surface area contributed by atoms with Crippen molar-refractivity contribution in [3.63, 3.8) is 0 Å². The minimum Gasteiger partial charge on any atom is -0.368 e. The maximum atomic E-state index is 11.9. The zero-order valence-electron chi connectivity index (χ0n) is 13.3. The van der Waals surface area contributed by atoms with Gasteiger partial charge in [0.15, 0.2) is 5.82 Å². The molecule has 1 aromatic heterocycles. The van der Waals surface area contributed by atoms with Crippen LogP contribution in [0.1, 0.15) is 32.6 Å². The van der Waals surface area contributed by atoms with Crippen LogP contribution >= 0.6 is 0 Å². The monoisotopic (exact) mass is 314 g/mol. The smallest absolute Gasteiger partial charge is 0.264 e. The van der Waals surface area contributed by atoms with E-state index in [9.17, 15) is 4.79 Å². The van der Waals surface area contributed by atoms with Crippen LogP contribution in [-0.4, -0.2) is 28.6 Å². The number of rotatable bonds is 5. The van der Waals surface area contributed by atoms with Gasteiger partial charge in [-0.25, -0.2) is 4.98 Å². The molecule has 0 unspecified atom stereocenters. The number of anilines is 1. The Balaban J connectivity index is 1.46. The highest BCUT2D eigenvalue weighted by Gasteiger charge is 2.20. The topological polar surface area (TPSA) is 76.1 Å². The molecule has 1 saturated carbocycles. The summed E-state index contributed by atoms with van der Waals surface area (Å²) >= 11 is 0. The molecule has 1 aliphatic carbocycles. The molecule has 0 bridgehead atoms. The molecule has 2 N–H and O–H groups in total. The number of nitrogens with zero attached hydrogens (tertiary/aromatic N) is 2. The first kappa shape index (κ1) is 15.7. The number of hydrazine groups is 1. The molecule has 6 nitrogen and oxygen atoms in total. The van der Waals surface area contributed by atoms with Crippen LogP contribution in [0.3, 0.4) is 0 Å². The van der Waals surface area contributed by atoms with Crippen molar-refractivity contribution in [2.24, 2.45) is 5.92 Å². The van der Waals surface area contributed by atoms with Gasteiger partial charge in [-0.15, -0.1) is 0 Å². The highest BCUT2D eigenvalue weighted by Crippen LogP contribution is 2.25. The number of nitrogens with one attached hydrogen (secondary N) is 2. The predicted octanol–water partition coefficient (Wildman–Crippen LogP) is 2.67. The number of aromatic nitrogens is 2. The minimum absolute atomic E-state index is 0.0609. The third kappa shape index (κ3) is 4.39. The molecule has 122 valence electrons. The molecule has 0 radical (unpaired) electrons. The fraction of sp³-hybridized carbons (Fsp3) is 0.471. The minimum atomic E-state index is -0.210. The van der Waals surface area contributed by atoms with E-state index in [0.29, 0.717) is 11.7 Å². The summed E-state index contributed by atoms with van der Waals surface area (Å²) in [4.78, 5) is 20.5. The molecule has 3 rings (SSSR count). The first-order chi connectivity index (χ1) is 11.2. The lowest BCUT2D eigenvalue weighted by molar-refractivity contribution is -0.128. The van der Waals surface area contributed by atoms with Crippen LogP contribution in [0.5, 0.6) is 0 Å². The summed E-state index contributed by atoms with van der Waals surface area (Å²) in [7, 11) is 0. The Labute approximate surface area is 135 Å². The average Bonchev–Trinajstić information content (AvgIpc) is 2.58. The molecule has 1 heterocycles. The lowest BCUT2D eigenvalue weighted by Gasteiger charge is -2.26. The van der Waals surface area contributed by atoms with E-state index >= 15 is 0 Å². The second-order valence-electron chi connectivity index (χ2n) is 6.12. The Hall–Kier alpha value is -2.21. The lowest BCUT2D eigenvalue weighted by Crippen LogP contribution is -2.35. The highest BCUT2D eigenvalue weighted by molar-refractivity contribution is 5.79. The van der Waals surface area contributed by atoms with Crippen LogP contribution < -0.4 is 10.9 Å².